The van der Waals surface area contributed by atoms with Gasteiger partial charge in [-0.1, -0.05) is 0 Å². The maximum atomic E-state index is 11.6. The molecule has 3 N–H and O–H groups in total. The van der Waals surface area contributed by atoms with Crippen LogP contribution in [0.1, 0.15) is 17.3 Å². The molecule has 0 bridgehead atoms. The molecule has 0 spiro atoms. The first kappa shape index (κ1) is 16.0. The Morgan fingerprint density at radius 3 is 2.40 bits per heavy atom. The first-order chi connectivity index (χ1) is 9.52. The van der Waals surface area contributed by atoms with Gasteiger partial charge in [0, 0.05) is 11.3 Å². The second-order valence-corrected chi connectivity index (χ2v) is 4.77. The molecule has 0 aliphatic rings. The van der Waals surface area contributed by atoms with Gasteiger partial charge in [-0.25, -0.2) is 0 Å². The van der Waals surface area contributed by atoms with E-state index in [1.54, 1.807) is 19.1 Å². The summed E-state index contributed by atoms with van der Waals surface area (Å²) in [4.78, 5) is 33.5. The van der Waals surface area contributed by atoms with E-state index in [1.165, 1.54) is 23.9 Å². The van der Waals surface area contributed by atoms with Gasteiger partial charge in [-0.2, -0.15) is 0 Å². The molecule has 6 nitrogen and oxygen atoms in total. The zero-order valence-electron chi connectivity index (χ0n) is 11.0. The lowest BCUT2D eigenvalue weighted by atomic mass is 10.2. The normalized spacial score (nSPS) is 9.85. The number of carbonyl (C=O) groups excluding carboxylic acids is 3. The lowest BCUT2D eigenvalue weighted by molar-refractivity contribution is -0.139. The maximum absolute atomic E-state index is 11.6. The van der Waals surface area contributed by atoms with E-state index < -0.39 is 5.91 Å². The summed E-state index contributed by atoms with van der Waals surface area (Å²) in [6.45, 7) is 2.06. The lowest BCUT2D eigenvalue weighted by Crippen LogP contribution is -2.16. The lowest BCUT2D eigenvalue weighted by Gasteiger charge is -2.05. The van der Waals surface area contributed by atoms with Crippen LogP contribution in [0.5, 0.6) is 0 Å². The Labute approximate surface area is 121 Å². The summed E-state index contributed by atoms with van der Waals surface area (Å²) in [6, 6.07) is 6.25. The van der Waals surface area contributed by atoms with E-state index in [9.17, 15) is 14.4 Å². The Hall–Kier alpha value is -2.02. The molecule has 20 heavy (non-hydrogen) atoms. The molecule has 0 aromatic heterocycles. The van der Waals surface area contributed by atoms with Crippen molar-refractivity contribution in [2.75, 3.05) is 23.4 Å². The van der Waals surface area contributed by atoms with Crippen LogP contribution in [0.4, 0.5) is 5.69 Å². The number of amides is 2. The molecule has 1 rings (SSSR count). The van der Waals surface area contributed by atoms with Gasteiger partial charge in [0.1, 0.15) is 0 Å². The second-order valence-electron chi connectivity index (χ2n) is 3.79. The standard InChI is InChI=1S/C13H16N2O4S/c1-2-19-12(17)8-20-7-11(16)15-10-5-3-9(4-6-10)13(14)18/h3-6H,2,7-8H2,1H3,(H2,14,18)(H,15,16). The Kier molecular flexibility index (Phi) is 6.58. The molecule has 0 fully saturated rings. The highest BCUT2D eigenvalue weighted by Crippen LogP contribution is 2.10. The molecule has 0 aliphatic heterocycles. The van der Waals surface area contributed by atoms with Gasteiger partial charge in [-0.3, -0.25) is 14.4 Å². The number of esters is 1. The van der Waals surface area contributed by atoms with Gasteiger partial charge in [0.25, 0.3) is 0 Å². The summed E-state index contributed by atoms with van der Waals surface area (Å²) in [5, 5.41) is 2.65. The summed E-state index contributed by atoms with van der Waals surface area (Å²) >= 11 is 1.18. The van der Waals surface area contributed by atoms with Crippen molar-refractivity contribution in [2.24, 2.45) is 5.73 Å². The van der Waals surface area contributed by atoms with Crippen LogP contribution in [-0.2, 0) is 14.3 Å². The third-order valence-corrected chi connectivity index (χ3v) is 3.12. The number of hydrogen-bond donors (Lipinski definition) is 2. The van der Waals surface area contributed by atoms with Crippen molar-refractivity contribution in [2.45, 2.75) is 6.92 Å². The highest BCUT2D eigenvalue weighted by Gasteiger charge is 2.07. The zero-order chi connectivity index (χ0) is 15.0. The number of ether oxygens (including phenoxy) is 1. The third kappa shape index (κ3) is 5.75. The van der Waals surface area contributed by atoms with E-state index in [-0.39, 0.29) is 23.4 Å². The molecule has 0 radical (unpaired) electrons. The minimum Gasteiger partial charge on any atom is -0.465 e. The summed E-state index contributed by atoms with van der Waals surface area (Å²) < 4.78 is 4.74. The SMILES string of the molecule is CCOC(=O)CSCC(=O)Nc1ccc(C(N)=O)cc1. The van der Waals surface area contributed by atoms with Crippen molar-refractivity contribution < 1.29 is 19.1 Å². The first-order valence-corrected chi connectivity index (χ1v) is 7.11. The van der Waals surface area contributed by atoms with Crippen molar-refractivity contribution in [3.8, 4) is 0 Å². The summed E-state index contributed by atoms with van der Waals surface area (Å²) in [5.74, 6) is -0.798. The van der Waals surface area contributed by atoms with Crippen LogP contribution in [0.25, 0.3) is 0 Å². The number of primary amides is 1. The molecular weight excluding hydrogens is 280 g/mol. The summed E-state index contributed by atoms with van der Waals surface area (Å²) in [6.07, 6.45) is 0. The first-order valence-electron chi connectivity index (χ1n) is 5.96. The van der Waals surface area contributed by atoms with Crippen LogP contribution in [0.15, 0.2) is 24.3 Å². The number of benzene rings is 1. The van der Waals surface area contributed by atoms with Crippen molar-refractivity contribution in [1.29, 1.82) is 0 Å². The number of nitrogens with one attached hydrogen (secondary N) is 1. The van der Waals surface area contributed by atoms with Gasteiger partial charge >= 0.3 is 5.97 Å². The van der Waals surface area contributed by atoms with Crippen molar-refractivity contribution in [3.63, 3.8) is 0 Å². The van der Waals surface area contributed by atoms with Gasteiger partial charge in [0.2, 0.25) is 11.8 Å². The fourth-order valence-corrected chi connectivity index (χ4v) is 1.95. The topological polar surface area (TPSA) is 98.5 Å². The van der Waals surface area contributed by atoms with Crippen molar-refractivity contribution in [1.82, 2.24) is 0 Å². The molecule has 0 unspecified atom stereocenters. The van der Waals surface area contributed by atoms with E-state index in [0.29, 0.717) is 17.9 Å². The Bertz CT molecular complexity index is 488. The molecule has 108 valence electrons. The average molecular weight is 296 g/mol. The van der Waals surface area contributed by atoms with Crippen LogP contribution in [0.2, 0.25) is 0 Å². The molecule has 7 heteroatoms. The largest absolute Gasteiger partial charge is 0.465 e. The smallest absolute Gasteiger partial charge is 0.315 e. The molecule has 0 heterocycles. The van der Waals surface area contributed by atoms with Gasteiger partial charge in [-0.05, 0) is 31.2 Å². The molecule has 0 saturated heterocycles. The maximum Gasteiger partial charge on any atom is 0.315 e. The average Bonchev–Trinajstić information content (AvgIpc) is 2.39. The molecular formula is C13H16N2O4S. The molecule has 0 aliphatic carbocycles. The number of rotatable bonds is 7. The summed E-state index contributed by atoms with van der Waals surface area (Å²) in [5.41, 5.74) is 6.05. The molecule has 0 saturated carbocycles. The molecule has 2 amide bonds. The molecule has 0 atom stereocenters. The molecule has 1 aromatic rings. The number of thioether (sulfide) groups is 1. The second kappa shape index (κ2) is 8.21. The van der Waals surface area contributed by atoms with Gasteiger partial charge in [-0.15, -0.1) is 11.8 Å². The van der Waals surface area contributed by atoms with E-state index in [1.807, 2.05) is 0 Å². The quantitative estimate of drug-likeness (QED) is 0.732. The van der Waals surface area contributed by atoms with E-state index >= 15 is 0 Å². The summed E-state index contributed by atoms with van der Waals surface area (Å²) in [7, 11) is 0. The van der Waals surface area contributed by atoms with Crippen LogP contribution in [-0.4, -0.2) is 35.9 Å². The minimum absolute atomic E-state index is 0.141. The van der Waals surface area contributed by atoms with E-state index in [0.717, 1.165) is 0 Å². The van der Waals surface area contributed by atoms with E-state index in [2.05, 4.69) is 5.32 Å². The van der Waals surface area contributed by atoms with Crippen LogP contribution in [0, 0.1) is 0 Å². The zero-order valence-corrected chi connectivity index (χ0v) is 11.9. The highest BCUT2D eigenvalue weighted by molar-refractivity contribution is 8.00. The van der Waals surface area contributed by atoms with Gasteiger partial charge in [0.05, 0.1) is 18.1 Å². The number of nitrogens with two attached hydrogens (primary N) is 1. The number of hydrogen-bond acceptors (Lipinski definition) is 5. The number of anilines is 1. The minimum atomic E-state index is -0.520. The Morgan fingerprint density at radius 1 is 1.20 bits per heavy atom. The van der Waals surface area contributed by atoms with Gasteiger partial charge in [0.15, 0.2) is 0 Å². The number of carbonyl (C=O) groups is 3. The van der Waals surface area contributed by atoms with Crippen molar-refractivity contribution in [3.05, 3.63) is 29.8 Å². The van der Waals surface area contributed by atoms with Crippen molar-refractivity contribution >= 4 is 35.2 Å². The Balaban J connectivity index is 2.35. The van der Waals surface area contributed by atoms with Crippen LogP contribution >= 0.6 is 11.8 Å². The fraction of sp³-hybridized carbons (Fsp3) is 0.308. The predicted molar refractivity (Wildman–Crippen MR) is 77.5 cm³/mol. The van der Waals surface area contributed by atoms with Gasteiger partial charge < -0.3 is 15.8 Å². The fourth-order valence-electron chi connectivity index (χ4n) is 1.34. The highest BCUT2D eigenvalue weighted by atomic mass is 32.2. The van der Waals surface area contributed by atoms with Crippen LogP contribution < -0.4 is 11.1 Å². The molecule has 1 aromatic carbocycles. The third-order valence-electron chi connectivity index (χ3n) is 2.21. The predicted octanol–water partition coefficient (Wildman–Crippen LogP) is 1.02. The monoisotopic (exact) mass is 296 g/mol. The van der Waals surface area contributed by atoms with Crippen LogP contribution in [0.3, 0.4) is 0 Å². The Morgan fingerprint density at radius 2 is 1.85 bits per heavy atom. The van der Waals surface area contributed by atoms with E-state index in [4.69, 9.17) is 10.5 Å².